The van der Waals surface area contributed by atoms with Crippen molar-refractivity contribution in [3.8, 4) is 17.2 Å². The fourth-order valence-electron chi connectivity index (χ4n) is 1.15. The molecule has 4 N–H and O–H groups in total. The van der Waals surface area contributed by atoms with Gasteiger partial charge in [0.1, 0.15) is 0 Å². The molecule has 0 fully saturated rings. The highest BCUT2D eigenvalue weighted by Gasteiger charge is 2.10. The van der Waals surface area contributed by atoms with Crippen LogP contribution in [0.1, 0.15) is 0 Å². The molecule has 0 saturated carbocycles. The predicted molar refractivity (Wildman–Crippen MR) is 50.8 cm³/mol. The maximum atomic E-state index is 10.7. The van der Waals surface area contributed by atoms with Crippen LogP contribution in [0.4, 0.5) is 5.69 Å². The van der Waals surface area contributed by atoms with Gasteiger partial charge in [0.15, 0.2) is 5.76 Å². The number of hydrogen-bond acceptors (Lipinski definition) is 4. The number of nitrogens with one attached hydrogen (secondary N) is 1. The van der Waals surface area contributed by atoms with E-state index in [0.717, 1.165) is 0 Å². The zero-order chi connectivity index (χ0) is 10.1. The minimum Gasteiger partial charge on any atom is -0.492 e. The molecule has 72 valence electrons. The number of rotatable bonds is 1. The summed E-state index contributed by atoms with van der Waals surface area (Å²) in [6, 6.07) is 6.62. The molecule has 5 nitrogen and oxygen atoms in total. The van der Waals surface area contributed by atoms with Crippen molar-refractivity contribution in [1.29, 1.82) is 0 Å². The Labute approximate surface area is 78.8 Å². The first-order chi connectivity index (χ1) is 6.66. The number of oxazole rings is 1. The van der Waals surface area contributed by atoms with Crippen molar-refractivity contribution in [2.75, 3.05) is 5.73 Å². The van der Waals surface area contributed by atoms with Crippen LogP contribution in [-0.4, -0.2) is 10.1 Å². The van der Waals surface area contributed by atoms with Gasteiger partial charge in [-0.1, -0.05) is 0 Å². The summed E-state index contributed by atoms with van der Waals surface area (Å²) in [6.07, 6.45) is 0. The average molecular weight is 192 g/mol. The third-order valence-electron chi connectivity index (χ3n) is 1.80. The fraction of sp³-hybridized carbons (Fsp3) is 0. The standard InChI is InChI=1S/C9H8N2O3/c10-6-3-1-5(2-4-6)7-8(12)11-9(13)14-7/h1-4,12H,10H2,(H,11,13). The molecule has 0 spiro atoms. The quantitative estimate of drug-likeness (QED) is 0.586. The Hall–Kier alpha value is -2.17. The van der Waals surface area contributed by atoms with Crippen LogP contribution in [0.3, 0.4) is 0 Å². The van der Waals surface area contributed by atoms with Crippen LogP contribution in [0.25, 0.3) is 11.3 Å². The number of nitrogen functional groups attached to an aromatic ring is 1. The lowest BCUT2D eigenvalue weighted by Gasteiger charge is -1.96. The lowest BCUT2D eigenvalue weighted by Crippen LogP contribution is -1.92. The van der Waals surface area contributed by atoms with Crippen LogP contribution in [0.15, 0.2) is 33.5 Å². The van der Waals surface area contributed by atoms with E-state index < -0.39 is 5.76 Å². The first-order valence-corrected chi connectivity index (χ1v) is 3.95. The molecule has 14 heavy (non-hydrogen) atoms. The van der Waals surface area contributed by atoms with Gasteiger partial charge in [-0.3, -0.25) is 4.98 Å². The molecule has 0 amide bonds. The summed E-state index contributed by atoms with van der Waals surface area (Å²) >= 11 is 0. The Morgan fingerprint density at radius 2 is 1.93 bits per heavy atom. The van der Waals surface area contributed by atoms with E-state index in [9.17, 15) is 9.90 Å². The zero-order valence-corrected chi connectivity index (χ0v) is 7.15. The highest BCUT2D eigenvalue weighted by Crippen LogP contribution is 2.26. The van der Waals surface area contributed by atoms with Gasteiger partial charge < -0.3 is 15.3 Å². The molecular weight excluding hydrogens is 184 g/mol. The number of H-pyrrole nitrogens is 1. The number of benzene rings is 1. The normalized spacial score (nSPS) is 10.3. The second kappa shape index (κ2) is 2.95. The summed E-state index contributed by atoms with van der Waals surface area (Å²) in [5.41, 5.74) is 6.68. The van der Waals surface area contributed by atoms with E-state index in [0.29, 0.717) is 11.3 Å². The fourth-order valence-corrected chi connectivity index (χ4v) is 1.15. The summed E-state index contributed by atoms with van der Waals surface area (Å²) in [5, 5.41) is 9.27. The molecule has 0 aliphatic carbocycles. The average Bonchev–Trinajstić information content (AvgIpc) is 2.47. The highest BCUT2D eigenvalue weighted by molar-refractivity contribution is 5.63. The molecule has 0 radical (unpaired) electrons. The molecule has 0 atom stereocenters. The molecule has 1 aromatic heterocycles. The summed E-state index contributed by atoms with van der Waals surface area (Å²) in [5.74, 6) is -0.843. The summed E-state index contributed by atoms with van der Waals surface area (Å²) in [7, 11) is 0. The van der Waals surface area contributed by atoms with Gasteiger partial charge in [0.2, 0.25) is 5.88 Å². The van der Waals surface area contributed by atoms with E-state index in [2.05, 4.69) is 4.98 Å². The number of aromatic hydroxyl groups is 1. The van der Waals surface area contributed by atoms with Crippen molar-refractivity contribution >= 4 is 5.69 Å². The molecule has 1 heterocycles. The minimum absolute atomic E-state index is 0.120. The van der Waals surface area contributed by atoms with Crippen LogP contribution in [0.5, 0.6) is 5.88 Å². The molecule has 5 heteroatoms. The van der Waals surface area contributed by atoms with E-state index >= 15 is 0 Å². The highest BCUT2D eigenvalue weighted by atomic mass is 16.4. The molecule has 2 rings (SSSR count). The smallest absolute Gasteiger partial charge is 0.419 e. The Bertz CT molecular complexity index is 496. The molecular formula is C9H8N2O3. The molecule has 0 aliphatic rings. The number of aromatic nitrogens is 1. The van der Waals surface area contributed by atoms with E-state index in [4.69, 9.17) is 10.2 Å². The number of anilines is 1. The Kier molecular flexibility index (Phi) is 1.78. The topological polar surface area (TPSA) is 92.2 Å². The Morgan fingerprint density at radius 3 is 2.43 bits per heavy atom. The minimum atomic E-state index is -0.686. The summed E-state index contributed by atoms with van der Waals surface area (Å²) in [6.45, 7) is 0. The van der Waals surface area contributed by atoms with Crippen LogP contribution in [0.2, 0.25) is 0 Å². The molecule has 1 aromatic carbocycles. The predicted octanol–water partition coefficient (Wildman–Crippen LogP) is 0.923. The molecule has 2 aromatic rings. The summed E-state index contributed by atoms with van der Waals surface area (Å²) in [4.78, 5) is 12.9. The maximum Gasteiger partial charge on any atom is 0.419 e. The van der Waals surface area contributed by atoms with Gasteiger partial charge in [0, 0.05) is 11.3 Å². The van der Waals surface area contributed by atoms with Crippen LogP contribution < -0.4 is 11.5 Å². The van der Waals surface area contributed by atoms with Crippen molar-refractivity contribution in [3.05, 3.63) is 34.8 Å². The second-order valence-corrected chi connectivity index (χ2v) is 2.81. The van der Waals surface area contributed by atoms with Crippen molar-refractivity contribution in [1.82, 2.24) is 4.98 Å². The maximum absolute atomic E-state index is 10.7. The second-order valence-electron chi connectivity index (χ2n) is 2.81. The molecule has 0 saturated heterocycles. The summed E-state index contributed by atoms with van der Waals surface area (Å²) < 4.78 is 4.74. The van der Waals surface area contributed by atoms with Crippen molar-refractivity contribution in [3.63, 3.8) is 0 Å². The Morgan fingerprint density at radius 1 is 1.29 bits per heavy atom. The van der Waals surface area contributed by atoms with Gasteiger partial charge in [-0.15, -0.1) is 0 Å². The first kappa shape index (κ1) is 8.43. The largest absolute Gasteiger partial charge is 0.492 e. The Balaban J connectivity index is 2.54. The molecule has 0 aliphatic heterocycles. The lowest BCUT2D eigenvalue weighted by atomic mass is 10.2. The van der Waals surface area contributed by atoms with Gasteiger partial charge in [-0.2, -0.15) is 0 Å². The van der Waals surface area contributed by atoms with Gasteiger partial charge in [0.05, 0.1) is 0 Å². The monoisotopic (exact) mass is 192 g/mol. The van der Waals surface area contributed by atoms with E-state index in [1.807, 2.05) is 0 Å². The first-order valence-electron chi connectivity index (χ1n) is 3.95. The van der Waals surface area contributed by atoms with E-state index in [1.54, 1.807) is 24.3 Å². The zero-order valence-electron chi connectivity index (χ0n) is 7.15. The number of nitrogens with two attached hydrogens (primary N) is 1. The van der Waals surface area contributed by atoms with Gasteiger partial charge in [-0.25, -0.2) is 4.79 Å². The number of aromatic amines is 1. The molecule has 0 unspecified atom stereocenters. The third-order valence-corrected chi connectivity index (χ3v) is 1.80. The van der Waals surface area contributed by atoms with Crippen molar-refractivity contribution in [2.24, 2.45) is 0 Å². The van der Waals surface area contributed by atoms with E-state index in [-0.39, 0.29) is 11.6 Å². The van der Waals surface area contributed by atoms with Gasteiger partial charge in [-0.05, 0) is 24.3 Å². The SMILES string of the molecule is Nc1ccc(-c2oc(=O)[nH]c2O)cc1. The van der Waals surface area contributed by atoms with Crippen molar-refractivity contribution < 1.29 is 9.52 Å². The van der Waals surface area contributed by atoms with Crippen molar-refractivity contribution in [2.45, 2.75) is 0 Å². The molecule has 0 bridgehead atoms. The van der Waals surface area contributed by atoms with Gasteiger partial charge >= 0.3 is 5.76 Å². The number of hydrogen-bond donors (Lipinski definition) is 3. The van der Waals surface area contributed by atoms with E-state index in [1.165, 1.54) is 0 Å². The van der Waals surface area contributed by atoms with Crippen LogP contribution in [-0.2, 0) is 0 Å². The van der Waals surface area contributed by atoms with Crippen LogP contribution in [0, 0.1) is 0 Å². The third kappa shape index (κ3) is 1.35. The van der Waals surface area contributed by atoms with Gasteiger partial charge in [0.25, 0.3) is 0 Å². The lowest BCUT2D eigenvalue weighted by molar-refractivity contribution is 0.452. The van der Waals surface area contributed by atoms with Crippen LogP contribution >= 0.6 is 0 Å².